The zero-order valence-corrected chi connectivity index (χ0v) is 12.7. The third kappa shape index (κ3) is 3.93. The Bertz CT molecular complexity index is 545. The smallest absolute Gasteiger partial charge is 0.0632 e. The summed E-state index contributed by atoms with van der Waals surface area (Å²) in [5.41, 5.74) is 1.45. The minimum Gasteiger partial charge on any atom is -0.396 e. The molecule has 0 saturated carbocycles. The molecule has 2 aromatic rings. The molecule has 0 saturated heterocycles. The minimum atomic E-state index is -0.572. The van der Waals surface area contributed by atoms with Crippen LogP contribution in [0.15, 0.2) is 42.6 Å². The van der Waals surface area contributed by atoms with Crippen molar-refractivity contribution in [2.75, 3.05) is 13.2 Å². The van der Waals surface area contributed by atoms with E-state index < -0.39 is 5.41 Å². The Morgan fingerprint density at radius 1 is 1.05 bits per heavy atom. The lowest BCUT2D eigenvalue weighted by Crippen LogP contribution is -2.35. The van der Waals surface area contributed by atoms with Gasteiger partial charge in [-0.15, -0.1) is 0 Å². The lowest BCUT2D eigenvalue weighted by molar-refractivity contribution is 0.0538. The molecule has 0 aliphatic carbocycles. The predicted molar refractivity (Wildman–Crippen MR) is 83.1 cm³/mol. The third-order valence-electron chi connectivity index (χ3n) is 3.84. The highest BCUT2D eigenvalue weighted by atomic mass is 16.3. The molecule has 114 valence electrons. The highest BCUT2D eigenvalue weighted by molar-refractivity contribution is 5.18. The number of benzene rings is 1. The molecule has 0 fully saturated rings. The lowest BCUT2D eigenvalue weighted by atomic mass is 9.79. The summed E-state index contributed by atoms with van der Waals surface area (Å²) in [7, 11) is 0. The highest BCUT2D eigenvalue weighted by Crippen LogP contribution is 2.27. The second-order valence-corrected chi connectivity index (χ2v) is 6.04. The summed E-state index contributed by atoms with van der Waals surface area (Å²) in [6.45, 7) is 4.03. The Hall–Kier alpha value is -1.65. The molecule has 1 heterocycles. The van der Waals surface area contributed by atoms with Gasteiger partial charge in [-0.05, 0) is 31.9 Å². The molecule has 0 bridgehead atoms. The summed E-state index contributed by atoms with van der Waals surface area (Å²) in [5.74, 6) is 0. The van der Waals surface area contributed by atoms with Crippen molar-refractivity contribution in [2.24, 2.45) is 5.41 Å². The topological polar surface area (TPSA) is 58.3 Å². The SMILES string of the molecule is CC(C)n1ccc(CC(CO)(CO)Cc2ccccc2)n1. The number of aliphatic hydroxyl groups is 2. The first-order valence-electron chi connectivity index (χ1n) is 7.38. The van der Waals surface area contributed by atoms with Gasteiger partial charge in [-0.3, -0.25) is 4.68 Å². The van der Waals surface area contributed by atoms with Gasteiger partial charge in [0.05, 0.1) is 18.9 Å². The Morgan fingerprint density at radius 3 is 2.24 bits per heavy atom. The first kappa shape index (κ1) is 15.7. The van der Waals surface area contributed by atoms with Crippen molar-refractivity contribution < 1.29 is 10.2 Å². The van der Waals surface area contributed by atoms with E-state index in [-0.39, 0.29) is 13.2 Å². The van der Waals surface area contributed by atoms with Crippen LogP contribution in [0, 0.1) is 5.41 Å². The fourth-order valence-electron chi connectivity index (χ4n) is 2.51. The van der Waals surface area contributed by atoms with Crippen LogP contribution in [-0.2, 0) is 12.8 Å². The quantitative estimate of drug-likeness (QED) is 0.821. The number of hydrogen-bond acceptors (Lipinski definition) is 3. The highest BCUT2D eigenvalue weighted by Gasteiger charge is 2.30. The monoisotopic (exact) mass is 288 g/mol. The molecule has 0 atom stereocenters. The Kier molecular flexibility index (Phi) is 5.15. The molecule has 4 nitrogen and oxygen atoms in total. The van der Waals surface area contributed by atoms with Gasteiger partial charge in [-0.25, -0.2) is 0 Å². The average molecular weight is 288 g/mol. The van der Waals surface area contributed by atoms with E-state index in [1.807, 2.05) is 47.3 Å². The Balaban J connectivity index is 2.17. The van der Waals surface area contributed by atoms with Crippen LogP contribution in [0.4, 0.5) is 0 Å². The van der Waals surface area contributed by atoms with E-state index in [9.17, 15) is 10.2 Å². The summed E-state index contributed by atoms with van der Waals surface area (Å²) in [6.07, 6.45) is 3.14. The minimum absolute atomic E-state index is 0.0626. The van der Waals surface area contributed by atoms with Gasteiger partial charge < -0.3 is 10.2 Å². The van der Waals surface area contributed by atoms with Gasteiger partial charge in [0, 0.05) is 24.1 Å². The van der Waals surface area contributed by atoms with Crippen LogP contribution < -0.4 is 0 Å². The van der Waals surface area contributed by atoms with Gasteiger partial charge in [-0.2, -0.15) is 5.10 Å². The second-order valence-electron chi connectivity index (χ2n) is 6.04. The number of nitrogens with zero attached hydrogens (tertiary/aromatic N) is 2. The zero-order valence-electron chi connectivity index (χ0n) is 12.7. The van der Waals surface area contributed by atoms with E-state index in [0.717, 1.165) is 11.3 Å². The molecule has 1 aromatic carbocycles. The summed E-state index contributed by atoms with van der Waals surface area (Å²) in [5, 5.41) is 24.2. The van der Waals surface area contributed by atoms with E-state index in [1.54, 1.807) is 0 Å². The van der Waals surface area contributed by atoms with Crippen molar-refractivity contribution in [1.29, 1.82) is 0 Å². The van der Waals surface area contributed by atoms with Crippen molar-refractivity contribution in [3.05, 3.63) is 53.9 Å². The molecule has 4 heteroatoms. The van der Waals surface area contributed by atoms with Gasteiger partial charge in [0.2, 0.25) is 0 Å². The van der Waals surface area contributed by atoms with Gasteiger partial charge in [0.25, 0.3) is 0 Å². The maximum atomic E-state index is 9.82. The van der Waals surface area contributed by atoms with Crippen LogP contribution in [0.25, 0.3) is 0 Å². The van der Waals surface area contributed by atoms with Crippen molar-refractivity contribution >= 4 is 0 Å². The average Bonchev–Trinajstić information content (AvgIpc) is 2.96. The normalized spacial score (nSPS) is 12.0. The standard InChI is InChI=1S/C17H24N2O2/c1-14(2)19-9-8-16(18-19)11-17(12-20,13-21)10-15-6-4-3-5-7-15/h3-9,14,20-21H,10-13H2,1-2H3. The van der Waals surface area contributed by atoms with E-state index >= 15 is 0 Å². The van der Waals surface area contributed by atoms with Crippen LogP contribution in [0.1, 0.15) is 31.1 Å². The van der Waals surface area contributed by atoms with Crippen LogP contribution >= 0.6 is 0 Å². The molecule has 0 aliphatic heterocycles. The number of aromatic nitrogens is 2. The van der Waals surface area contributed by atoms with Gasteiger partial charge in [0.15, 0.2) is 0 Å². The lowest BCUT2D eigenvalue weighted by Gasteiger charge is -2.29. The molecule has 0 spiro atoms. The molecule has 0 aliphatic rings. The van der Waals surface area contributed by atoms with Crippen LogP contribution in [0.3, 0.4) is 0 Å². The van der Waals surface area contributed by atoms with Crippen molar-refractivity contribution in [1.82, 2.24) is 9.78 Å². The molecule has 0 unspecified atom stereocenters. The van der Waals surface area contributed by atoms with Crippen molar-refractivity contribution in [3.63, 3.8) is 0 Å². The summed E-state index contributed by atoms with van der Waals surface area (Å²) >= 11 is 0. The van der Waals surface area contributed by atoms with Crippen molar-refractivity contribution in [3.8, 4) is 0 Å². The Morgan fingerprint density at radius 2 is 1.71 bits per heavy atom. The largest absolute Gasteiger partial charge is 0.396 e. The van der Waals surface area contributed by atoms with E-state index in [1.165, 1.54) is 0 Å². The maximum Gasteiger partial charge on any atom is 0.0632 e. The Labute approximate surface area is 126 Å². The molecule has 2 N–H and O–H groups in total. The molecule has 21 heavy (non-hydrogen) atoms. The molecule has 0 radical (unpaired) electrons. The number of hydrogen-bond donors (Lipinski definition) is 2. The molecule has 2 rings (SSSR count). The molecule has 0 amide bonds. The first-order chi connectivity index (χ1) is 10.1. The van der Waals surface area contributed by atoms with Crippen molar-refractivity contribution in [2.45, 2.75) is 32.7 Å². The first-order valence-corrected chi connectivity index (χ1v) is 7.38. The van der Waals surface area contributed by atoms with Crippen LogP contribution in [0.2, 0.25) is 0 Å². The summed E-state index contributed by atoms with van der Waals surface area (Å²) in [6, 6.07) is 12.2. The molecule has 1 aromatic heterocycles. The second kappa shape index (κ2) is 6.87. The van der Waals surface area contributed by atoms with E-state index in [4.69, 9.17) is 0 Å². The van der Waals surface area contributed by atoms with Gasteiger partial charge in [-0.1, -0.05) is 30.3 Å². The number of aliphatic hydroxyl groups excluding tert-OH is 2. The fraction of sp³-hybridized carbons (Fsp3) is 0.471. The van der Waals surface area contributed by atoms with Gasteiger partial charge in [0.1, 0.15) is 0 Å². The molecular weight excluding hydrogens is 264 g/mol. The fourth-order valence-corrected chi connectivity index (χ4v) is 2.51. The van der Waals surface area contributed by atoms with E-state index in [2.05, 4.69) is 18.9 Å². The van der Waals surface area contributed by atoms with Crippen LogP contribution in [-0.4, -0.2) is 33.2 Å². The van der Waals surface area contributed by atoms with Crippen LogP contribution in [0.5, 0.6) is 0 Å². The number of rotatable bonds is 7. The zero-order chi connectivity index (χ0) is 15.3. The maximum absolute atomic E-state index is 9.82. The van der Waals surface area contributed by atoms with Gasteiger partial charge >= 0.3 is 0 Å². The van der Waals surface area contributed by atoms with E-state index in [0.29, 0.717) is 18.9 Å². The molecular formula is C17H24N2O2. The predicted octanol–water partition coefficient (Wildman–Crippen LogP) is 2.22. The summed E-state index contributed by atoms with van der Waals surface area (Å²) < 4.78 is 1.90. The third-order valence-corrected chi connectivity index (χ3v) is 3.84. The summed E-state index contributed by atoms with van der Waals surface area (Å²) in [4.78, 5) is 0.